The molecule has 0 N–H and O–H groups in total. The Morgan fingerprint density at radius 2 is 1.06 bits per heavy atom. The molecule has 48 heavy (non-hydrogen) atoms. The molecule has 0 amide bonds. The van der Waals surface area contributed by atoms with Gasteiger partial charge in [-0.05, 0) is 65.7 Å². The summed E-state index contributed by atoms with van der Waals surface area (Å²) in [6.45, 7) is 0. The van der Waals surface area contributed by atoms with Crippen LogP contribution in [0.25, 0.3) is 94.1 Å². The lowest BCUT2D eigenvalue weighted by Gasteiger charge is -2.11. The van der Waals surface area contributed by atoms with Crippen molar-refractivity contribution in [2.24, 2.45) is 0 Å². The predicted octanol–water partition coefficient (Wildman–Crippen LogP) is 11.6. The van der Waals surface area contributed by atoms with Crippen molar-refractivity contribution in [2.45, 2.75) is 0 Å². The third kappa shape index (κ3) is 4.10. The second kappa shape index (κ2) is 10.5. The first-order chi connectivity index (χ1) is 23.8. The first-order valence-electron chi connectivity index (χ1n) is 16.2. The standard InChI is InChI=1S/C44H27N3O/c1-3-11-28(12-4-1)29-19-21-30(22-20-29)43-33-15-7-9-17-36(33)45-44(46-43)31-23-24-37-35(27-31)41-38(47(37)32-13-5-2-6-14-32)25-26-40-42(41)34-16-8-10-18-39(34)48-40/h1-27H. The fourth-order valence-corrected chi connectivity index (χ4v) is 7.20. The summed E-state index contributed by atoms with van der Waals surface area (Å²) in [5.41, 5.74) is 11.4. The zero-order valence-electron chi connectivity index (χ0n) is 25.8. The molecule has 4 nitrogen and oxygen atoms in total. The van der Waals surface area contributed by atoms with E-state index in [9.17, 15) is 0 Å². The Balaban J connectivity index is 1.22. The number of furan rings is 1. The van der Waals surface area contributed by atoms with Gasteiger partial charge in [-0.1, -0.05) is 109 Å². The highest BCUT2D eigenvalue weighted by molar-refractivity contribution is 6.27. The molecule has 0 unspecified atom stereocenters. The molecule has 0 atom stereocenters. The van der Waals surface area contributed by atoms with E-state index in [4.69, 9.17) is 14.4 Å². The summed E-state index contributed by atoms with van der Waals surface area (Å²) in [5.74, 6) is 0.697. The summed E-state index contributed by atoms with van der Waals surface area (Å²) in [6.07, 6.45) is 0. The second-order valence-corrected chi connectivity index (χ2v) is 12.2. The molecule has 0 saturated heterocycles. The molecule has 224 valence electrons. The highest BCUT2D eigenvalue weighted by Gasteiger charge is 2.20. The number of para-hydroxylation sites is 3. The number of benzene rings is 7. The maximum atomic E-state index is 6.35. The summed E-state index contributed by atoms with van der Waals surface area (Å²) >= 11 is 0. The summed E-state index contributed by atoms with van der Waals surface area (Å²) in [4.78, 5) is 10.4. The van der Waals surface area contributed by atoms with E-state index in [0.717, 1.165) is 77.2 Å². The van der Waals surface area contributed by atoms with E-state index >= 15 is 0 Å². The van der Waals surface area contributed by atoms with Crippen LogP contribution >= 0.6 is 0 Å². The van der Waals surface area contributed by atoms with Crippen LogP contribution < -0.4 is 0 Å². The van der Waals surface area contributed by atoms with Gasteiger partial charge >= 0.3 is 0 Å². The molecule has 0 aliphatic heterocycles. The molecule has 0 bridgehead atoms. The molecule has 10 rings (SSSR count). The quantitative estimate of drug-likeness (QED) is 0.198. The van der Waals surface area contributed by atoms with E-state index in [1.165, 1.54) is 11.1 Å². The molecule has 3 aromatic heterocycles. The van der Waals surface area contributed by atoms with Gasteiger partial charge in [0.1, 0.15) is 11.2 Å². The van der Waals surface area contributed by atoms with Crippen LogP contribution in [0.3, 0.4) is 0 Å². The number of nitrogens with zero attached hydrogens (tertiary/aromatic N) is 3. The van der Waals surface area contributed by atoms with Crippen LogP contribution in [0.5, 0.6) is 0 Å². The van der Waals surface area contributed by atoms with E-state index in [0.29, 0.717) is 5.82 Å². The van der Waals surface area contributed by atoms with Crippen molar-refractivity contribution < 1.29 is 4.42 Å². The lowest BCUT2D eigenvalue weighted by molar-refractivity contribution is 0.669. The lowest BCUT2D eigenvalue weighted by Crippen LogP contribution is -1.96. The minimum absolute atomic E-state index is 0.697. The van der Waals surface area contributed by atoms with Crippen molar-refractivity contribution in [3.05, 3.63) is 164 Å². The van der Waals surface area contributed by atoms with Gasteiger partial charge in [0, 0.05) is 43.7 Å². The zero-order valence-corrected chi connectivity index (χ0v) is 25.8. The van der Waals surface area contributed by atoms with E-state index in [-0.39, 0.29) is 0 Å². The lowest BCUT2D eigenvalue weighted by atomic mass is 10.0. The number of fused-ring (bicyclic) bond motifs is 8. The summed E-state index contributed by atoms with van der Waals surface area (Å²) in [5, 5.41) is 5.56. The number of aromatic nitrogens is 3. The molecule has 0 aliphatic rings. The topological polar surface area (TPSA) is 43.9 Å². The molecule has 0 fully saturated rings. The minimum atomic E-state index is 0.697. The zero-order chi connectivity index (χ0) is 31.6. The predicted molar refractivity (Wildman–Crippen MR) is 197 cm³/mol. The van der Waals surface area contributed by atoms with E-state index < -0.39 is 0 Å². The summed E-state index contributed by atoms with van der Waals surface area (Å²) < 4.78 is 8.70. The highest BCUT2D eigenvalue weighted by Crippen LogP contribution is 2.42. The SMILES string of the molecule is c1ccc(-c2ccc(-c3nc(-c4ccc5c(c4)c4c6c(ccc4n5-c4ccccc4)oc4ccccc46)nc4ccccc34)cc2)cc1. The van der Waals surface area contributed by atoms with E-state index in [1.807, 2.05) is 24.3 Å². The maximum Gasteiger partial charge on any atom is 0.160 e. The van der Waals surface area contributed by atoms with Crippen LogP contribution in [0.1, 0.15) is 0 Å². The Hall–Kier alpha value is -6.52. The van der Waals surface area contributed by atoms with Crippen molar-refractivity contribution in [2.75, 3.05) is 0 Å². The number of hydrogen-bond acceptors (Lipinski definition) is 3. The van der Waals surface area contributed by atoms with Crippen LogP contribution in [-0.2, 0) is 0 Å². The first kappa shape index (κ1) is 26.7. The van der Waals surface area contributed by atoms with Gasteiger partial charge in [-0.25, -0.2) is 9.97 Å². The monoisotopic (exact) mass is 613 g/mol. The maximum absolute atomic E-state index is 6.35. The summed E-state index contributed by atoms with van der Waals surface area (Å²) in [7, 11) is 0. The van der Waals surface area contributed by atoms with Crippen LogP contribution in [0.2, 0.25) is 0 Å². The van der Waals surface area contributed by atoms with Crippen molar-refractivity contribution in [3.8, 4) is 39.5 Å². The molecule has 3 heterocycles. The fourth-order valence-electron chi connectivity index (χ4n) is 7.20. The molecule has 10 aromatic rings. The van der Waals surface area contributed by atoms with Gasteiger partial charge in [0.15, 0.2) is 5.82 Å². The Kier molecular flexibility index (Phi) is 5.84. The highest BCUT2D eigenvalue weighted by atomic mass is 16.3. The molecular formula is C44H27N3O. The number of rotatable bonds is 4. The Labute approximate surface area is 276 Å². The average molecular weight is 614 g/mol. The van der Waals surface area contributed by atoms with E-state index in [1.54, 1.807) is 0 Å². The van der Waals surface area contributed by atoms with Crippen LogP contribution in [0.15, 0.2) is 168 Å². The molecule has 0 aliphatic carbocycles. The first-order valence-corrected chi connectivity index (χ1v) is 16.2. The van der Waals surface area contributed by atoms with Gasteiger partial charge in [0.05, 0.1) is 22.2 Å². The summed E-state index contributed by atoms with van der Waals surface area (Å²) in [6, 6.07) is 57.1. The molecule has 7 aromatic carbocycles. The Morgan fingerprint density at radius 3 is 1.90 bits per heavy atom. The number of hydrogen-bond donors (Lipinski definition) is 0. The average Bonchev–Trinajstić information content (AvgIpc) is 3.70. The molecule has 0 spiro atoms. The Morgan fingerprint density at radius 1 is 0.417 bits per heavy atom. The normalized spacial score (nSPS) is 11.8. The third-order valence-corrected chi connectivity index (χ3v) is 9.41. The van der Waals surface area contributed by atoms with Crippen molar-refractivity contribution in [3.63, 3.8) is 0 Å². The van der Waals surface area contributed by atoms with Gasteiger partial charge in [-0.3, -0.25) is 0 Å². The smallest absolute Gasteiger partial charge is 0.160 e. The fraction of sp³-hybridized carbons (Fsp3) is 0. The van der Waals surface area contributed by atoms with Gasteiger partial charge in [0.2, 0.25) is 0 Å². The van der Waals surface area contributed by atoms with Gasteiger partial charge in [-0.15, -0.1) is 0 Å². The largest absolute Gasteiger partial charge is 0.456 e. The van der Waals surface area contributed by atoms with Crippen LogP contribution in [0, 0.1) is 0 Å². The second-order valence-electron chi connectivity index (χ2n) is 12.2. The van der Waals surface area contributed by atoms with E-state index in [2.05, 4.69) is 144 Å². The minimum Gasteiger partial charge on any atom is -0.456 e. The molecule has 0 radical (unpaired) electrons. The van der Waals surface area contributed by atoms with Crippen LogP contribution in [-0.4, -0.2) is 14.5 Å². The third-order valence-electron chi connectivity index (χ3n) is 9.41. The van der Waals surface area contributed by atoms with Crippen molar-refractivity contribution >= 4 is 54.6 Å². The van der Waals surface area contributed by atoms with Gasteiger partial charge in [-0.2, -0.15) is 0 Å². The van der Waals surface area contributed by atoms with Crippen LogP contribution in [0.4, 0.5) is 0 Å². The molecular weight excluding hydrogens is 587 g/mol. The molecule has 4 heteroatoms. The van der Waals surface area contributed by atoms with Gasteiger partial charge in [0.25, 0.3) is 0 Å². The van der Waals surface area contributed by atoms with Gasteiger partial charge < -0.3 is 8.98 Å². The Bertz CT molecular complexity index is 2810. The van der Waals surface area contributed by atoms with Crippen molar-refractivity contribution in [1.82, 2.24) is 14.5 Å². The molecule has 0 saturated carbocycles. The van der Waals surface area contributed by atoms with Crippen molar-refractivity contribution in [1.29, 1.82) is 0 Å².